The van der Waals surface area contributed by atoms with Crippen LogP contribution in [0, 0.1) is 0 Å². The lowest BCUT2D eigenvalue weighted by Crippen LogP contribution is -2.41. The minimum Gasteiger partial charge on any atom is -0.366 e. The number of rotatable bonds is 6. The van der Waals surface area contributed by atoms with Gasteiger partial charge in [0.1, 0.15) is 0 Å². The van der Waals surface area contributed by atoms with E-state index in [0.717, 1.165) is 31.5 Å². The fourth-order valence-electron chi connectivity index (χ4n) is 3.36. The van der Waals surface area contributed by atoms with Gasteiger partial charge in [-0.1, -0.05) is 26.0 Å². The SMILES string of the molecule is CCCN(CCC)C1CCc2cccc(C(N)=O)c2C1. The van der Waals surface area contributed by atoms with Crippen molar-refractivity contribution in [2.24, 2.45) is 5.73 Å². The Kier molecular flexibility index (Phi) is 5.18. The lowest BCUT2D eigenvalue weighted by molar-refractivity contribution is 0.0998. The van der Waals surface area contributed by atoms with Crippen molar-refractivity contribution in [3.63, 3.8) is 0 Å². The molecule has 3 nitrogen and oxygen atoms in total. The van der Waals surface area contributed by atoms with Crippen LogP contribution in [0.3, 0.4) is 0 Å². The summed E-state index contributed by atoms with van der Waals surface area (Å²) in [5.74, 6) is -0.292. The van der Waals surface area contributed by atoms with Crippen molar-refractivity contribution >= 4 is 5.91 Å². The summed E-state index contributed by atoms with van der Waals surface area (Å²) in [4.78, 5) is 14.2. The quantitative estimate of drug-likeness (QED) is 0.867. The number of primary amides is 1. The first kappa shape index (κ1) is 15.0. The molecule has 0 bridgehead atoms. The van der Waals surface area contributed by atoms with Crippen LogP contribution in [-0.4, -0.2) is 29.9 Å². The number of carbonyl (C=O) groups is 1. The Hall–Kier alpha value is -1.35. The summed E-state index contributed by atoms with van der Waals surface area (Å²) in [6.45, 7) is 6.75. The molecule has 0 aromatic heterocycles. The Morgan fingerprint density at radius 3 is 2.60 bits per heavy atom. The first-order valence-electron chi connectivity index (χ1n) is 7.82. The number of carbonyl (C=O) groups excluding carboxylic acids is 1. The van der Waals surface area contributed by atoms with Gasteiger partial charge in [-0.3, -0.25) is 4.79 Å². The number of benzene rings is 1. The molecule has 0 saturated heterocycles. The van der Waals surface area contributed by atoms with Crippen molar-refractivity contribution in [2.75, 3.05) is 13.1 Å². The molecule has 1 aliphatic rings. The molecule has 1 aromatic rings. The maximum Gasteiger partial charge on any atom is 0.248 e. The average Bonchev–Trinajstić information content (AvgIpc) is 2.45. The summed E-state index contributed by atoms with van der Waals surface area (Å²) in [6, 6.07) is 6.52. The van der Waals surface area contributed by atoms with Crippen LogP contribution in [0.15, 0.2) is 18.2 Å². The number of nitrogens with two attached hydrogens (primary N) is 1. The Bertz CT molecular complexity index is 464. The van der Waals surface area contributed by atoms with Crippen molar-refractivity contribution in [1.82, 2.24) is 4.90 Å². The van der Waals surface area contributed by atoms with Gasteiger partial charge in [-0.25, -0.2) is 0 Å². The fourth-order valence-corrected chi connectivity index (χ4v) is 3.36. The van der Waals surface area contributed by atoms with E-state index >= 15 is 0 Å². The zero-order valence-corrected chi connectivity index (χ0v) is 12.7. The summed E-state index contributed by atoms with van der Waals surface area (Å²) in [6.07, 6.45) is 5.58. The van der Waals surface area contributed by atoms with Gasteiger partial charge in [-0.05, 0) is 62.4 Å². The molecule has 0 saturated carbocycles. The summed E-state index contributed by atoms with van der Waals surface area (Å²) in [7, 11) is 0. The highest BCUT2D eigenvalue weighted by atomic mass is 16.1. The second kappa shape index (κ2) is 6.89. The van der Waals surface area contributed by atoms with Crippen LogP contribution in [0.4, 0.5) is 0 Å². The molecule has 1 aromatic carbocycles. The highest BCUT2D eigenvalue weighted by Gasteiger charge is 2.26. The summed E-state index contributed by atoms with van der Waals surface area (Å²) < 4.78 is 0. The molecule has 20 heavy (non-hydrogen) atoms. The highest BCUT2D eigenvalue weighted by Crippen LogP contribution is 2.27. The zero-order chi connectivity index (χ0) is 14.5. The topological polar surface area (TPSA) is 46.3 Å². The summed E-state index contributed by atoms with van der Waals surface area (Å²) >= 11 is 0. The lowest BCUT2D eigenvalue weighted by atomic mass is 9.84. The molecule has 3 heteroatoms. The summed E-state index contributed by atoms with van der Waals surface area (Å²) in [5.41, 5.74) is 8.75. The molecule has 2 rings (SSSR count). The number of amides is 1. The van der Waals surface area contributed by atoms with Crippen LogP contribution in [0.1, 0.15) is 54.6 Å². The maximum atomic E-state index is 11.6. The molecular formula is C17H26N2O. The van der Waals surface area contributed by atoms with Crippen molar-refractivity contribution < 1.29 is 4.79 Å². The monoisotopic (exact) mass is 274 g/mol. The average molecular weight is 274 g/mol. The molecule has 0 heterocycles. The van der Waals surface area contributed by atoms with Gasteiger partial charge in [0.05, 0.1) is 0 Å². The van der Waals surface area contributed by atoms with Crippen LogP contribution in [0.5, 0.6) is 0 Å². The Morgan fingerprint density at radius 1 is 1.30 bits per heavy atom. The summed E-state index contributed by atoms with van der Waals surface area (Å²) in [5, 5.41) is 0. The number of hydrogen-bond donors (Lipinski definition) is 1. The lowest BCUT2D eigenvalue weighted by Gasteiger charge is -2.35. The molecule has 0 aliphatic heterocycles. The van der Waals surface area contributed by atoms with Crippen LogP contribution < -0.4 is 5.73 Å². The van der Waals surface area contributed by atoms with Gasteiger partial charge >= 0.3 is 0 Å². The molecule has 1 aliphatic carbocycles. The number of fused-ring (bicyclic) bond motifs is 1. The second-order valence-corrected chi connectivity index (χ2v) is 5.74. The predicted molar refractivity (Wildman–Crippen MR) is 82.9 cm³/mol. The standard InChI is InChI=1S/C17H26N2O/c1-3-10-19(11-4-2)14-9-8-13-6-5-7-15(17(18)20)16(13)12-14/h5-7,14H,3-4,8-12H2,1-2H3,(H2,18,20). The van der Waals surface area contributed by atoms with E-state index in [9.17, 15) is 4.79 Å². The van der Waals surface area contributed by atoms with Crippen LogP contribution in [0.2, 0.25) is 0 Å². The molecule has 0 spiro atoms. The van der Waals surface area contributed by atoms with Crippen molar-refractivity contribution in [3.05, 3.63) is 34.9 Å². The third-order valence-corrected chi connectivity index (χ3v) is 4.26. The first-order chi connectivity index (χ1) is 9.67. The molecule has 0 fully saturated rings. The molecule has 110 valence electrons. The predicted octanol–water partition coefficient (Wildman–Crippen LogP) is 2.76. The molecular weight excluding hydrogens is 248 g/mol. The van der Waals surface area contributed by atoms with Crippen molar-refractivity contribution in [3.8, 4) is 0 Å². The maximum absolute atomic E-state index is 11.6. The molecule has 0 radical (unpaired) electrons. The van der Waals surface area contributed by atoms with E-state index in [-0.39, 0.29) is 5.91 Å². The number of aryl methyl sites for hydroxylation is 1. The minimum atomic E-state index is -0.292. The Morgan fingerprint density at radius 2 is 2.00 bits per heavy atom. The van der Waals surface area contributed by atoms with E-state index in [1.54, 1.807) is 0 Å². The van der Waals surface area contributed by atoms with Gasteiger partial charge in [0.15, 0.2) is 0 Å². The molecule has 1 unspecified atom stereocenters. The van der Waals surface area contributed by atoms with E-state index < -0.39 is 0 Å². The van der Waals surface area contributed by atoms with Gasteiger partial charge in [-0.2, -0.15) is 0 Å². The molecule has 2 N–H and O–H groups in total. The van der Waals surface area contributed by atoms with Gasteiger partial charge in [0.25, 0.3) is 0 Å². The van der Waals surface area contributed by atoms with E-state index in [1.165, 1.54) is 30.4 Å². The van der Waals surface area contributed by atoms with E-state index in [2.05, 4.69) is 24.8 Å². The van der Waals surface area contributed by atoms with Crippen molar-refractivity contribution in [2.45, 2.75) is 52.0 Å². The van der Waals surface area contributed by atoms with Gasteiger partial charge < -0.3 is 10.6 Å². The third kappa shape index (κ3) is 3.21. The first-order valence-corrected chi connectivity index (χ1v) is 7.82. The number of hydrogen-bond acceptors (Lipinski definition) is 2. The minimum absolute atomic E-state index is 0.292. The molecule has 1 atom stereocenters. The van der Waals surface area contributed by atoms with Crippen molar-refractivity contribution in [1.29, 1.82) is 0 Å². The van der Waals surface area contributed by atoms with Gasteiger partial charge in [-0.15, -0.1) is 0 Å². The smallest absolute Gasteiger partial charge is 0.248 e. The Labute approximate surface area is 122 Å². The Balaban J connectivity index is 2.22. The zero-order valence-electron chi connectivity index (χ0n) is 12.7. The fraction of sp³-hybridized carbons (Fsp3) is 0.588. The highest BCUT2D eigenvalue weighted by molar-refractivity contribution is 5.94. The van der Waals surface area contributed by atoms with Gasteiger partial charge in [0.2, 0.25) is 5.91 Å². The van der Waals surface area contributed by atoms with Crippen LogP contribution >= 0.6 is 0 Å². The van der Waals surface area contributed by atoms with E-state index in [1.807, 2.05) is 12.1 Å². The third-order valence-electron chi connectivity index (χ3n) is 4.26. The van der Waals surface area contributed by atoms with Gasteiger partial charge in [0, 0.05) is 11.6 Å². The number of nitrogens with zero attached hydrogens (tertiary/aromatic N) is 1. The van der Waals surface area contributed by atoms with E-state index in [0.29, 0.717) is 6.04 Å². The largest absolute Gasteiger partial charge is 0.366 e. The molecule has 1 amide bonds. The second-order valence-electron chi connectivity index (χ2n) is 5.74. The van der Waals surface area contributed by atoms with Crippen LogP contribution in [-0.2, 0) is 12.8 Å². The normalized spacial score (nSPS) is 18.1. The van der Waals surface area contributed by atoms with Crippen LogP contribution in [0.25, 0.3) is 0 Å². The van der Waals surface area contributed by atoms with E-state index in [4.69, 9.17) is 5.73 Å².